The molecule has 6 heteroatoms. The number of aliphatic hydroxyl groups excluding tert-OH is 1. The first-order valence-corrected chi connectivity index (χ1v) is 7.72. The minimum absolute atomic E-state index is 0.280. The number of β-amino-alcohol motifs (C(OH)–C–C–N with tert-alkyl or cyclic N) is 1. The molecule has 0 amide bonds. The number of hydrogen-bond acceptors (Lipinski definition) is 4. The standard InChI is InChI=1S/C16H21FN4O/c17-14-6-4-13(5-7-14)16(22)10-20-8-2-1-3-15(20)9-21-12-18-11-19-21/h4-7,11-12,15-16,22H,1-3,8-10H2/t15-,16+/m1/s1. The SMILES string of the molecule is O[C@@H](CN1CCCC[C@@H]1Cn1cncn1)c1ccc(F)cc1. The summed E-state index contributed by atoms with van der Waals surface area (Å²) < 4.78 is 14.8. The van der Waals surface area contributed by atoms with E-state index < -0.39 is 6.10 Å². The molecule has 0 spiro atoms. The molecule has 2 aromatic rings. The summed E-state index contributed by atoms with van der Waals surface area (Å²) in [5, 5.41) is 14.6. The fourth-order valence-corrected chi connectivity index (χ4v) is 3.06. The Morgan fingerprint density at radius 2 is 2.09 bits per heavy atom. The molecule has 0 bridgehead atoms. The Kier molecular flexibility index (Phi) is 4.80. The van der Waals surface area contributed by atoms with Gasteiger partial charge in [-0.2, -0.15) is 5.10 Å². The predicted molar refractivity (Wildman–Crippen MR) is 80.6 cm³/mol. The van der Waals surface area contributed by atoms with E-state index in [0.29, 0.717) is 12.6 Å². The molecule has 2 heterocycles. The fourth-order valence-electron chi connectivity index (χ4n) is 3.06. The van der Waals surface area contributed by atoms with Crippen molar-refractivity contribution in [3.63, 3.8) is 0 Å². The highest BCUT2D eigenvalue weighted by Gasteiger charge is 2.25. The fraction of sp³-hybridized carbons (Fsp3) is 0.500. The van der Waals surface area contributed by atoms with Gasteiger partial charge >= 0.3 is 0 Å². The Balaban J connectivity index is 1.64. The maximum atomic E-state index is 13.0. The van der Waals surface area contributed by atoms with Crippen LogP contribution in [-0.4, -0.2) is 43.9 Å². The Labute approximate surface area is 129 Å². The van der Waals surface area contributed by atoms with Gasteiger partial charge in [-0.1, -0.05) is 18.6 Å². The van der Waals surface area contributed by atoms with Crippen LogP contribution in [0.5, 0.6) is 0 Å². The normalized spacial score (nSPS) is 20.9. The summed E-state index contributed by atoms with van der Waals surface area (Å²) in [5.74, 6) is -0.280. The number of nitrogens with zero attached hydrogens (tertiary/aromatic N) is 4. The summed E-state index contributed by atoms with van der Waals surface area (Å²) in [6, 6.07) is 6.43. The quantitative estimate of drug-likeness (QED) is 0.918. The first-order valence-electron chi connectivity index (χ1n) is 7.72. The minimum Gasteiger partial charge on any atom is -0.387 e. The van der Waals surface area contributed by atoms with Gasteiger partial charge in [0, 0.05) is 12.6 Å². The molecule has 1 fully saturated rings. The smallest absolute Gasteiger partial charge is 0.137 e. The highest BCUT2D eigenvalue weighted by Crippen LogP contribution is 2.22. The molecule has 1 aliphatic rings. The van der Waals surface area contributed by atoms with Crippen LogP contribution < -0.4 is 0 Å². The summed E-state index contributed by atoms with van der Waals surface area (Å²) in [5.41, 5.74) is 0.756. The number of benzene rings is 1. The lowest BCUT2D eigenvalue weighted by Crippen LogP contribution is -2.44. The predicted octanol–water partition coefficient (Wildman–Crippen LogP) is 2.01. The van der Waals surface area contributed by atoms with Gasteiger partial charge in [-0.25, -0.2) is 9.37 Å². The Bertz CT molecular complexity index is 572. The summed E-state index contributed by atoms with van der Waals surface area (Å²) in [6.07, 6.45) is 6.10. The van der Waals surface area contributed by atoms with E-state index in [1.54, 1.807) is 24.8 Å². The van der Waals surface area contributed by atoms with Crippen LogP contribution in [0, 0.1) is 5.82 Å². The molecule has 3 rings (SSSR count). The number of rotatable bonds is 5. The second-order valence-electron chi connectivity index (χ2n) is 5.83. The molecular weight excluding hydrogens is 283 g/mol. The van der Waals surface area contributed by atoms with Crippen LogP contribution in [0.1, 0.15) is 30.9 Å². The monoisotopic (exact) mass is 304 g/mol. The van der Waals surface area contributed by atoms with Gasteiger partial charge < -0.3 is 5.11 Å². The molecule has 1 aromatic carbocycles. The van der Waals surface area contributed by atoms with Crippen molar-refractivity contribution in [1.82, 2.24) is 19.7 Å². The van der Waals surface area contributed by atoms with Gasteiger partial charge in [-0.3, -0.25) is 9.58 Å². The van der Waals surface area contributed by atoms with Gasteiger partial charge in [-0.05, 0) is 37.1 Å². The molecule has 1 N–H and O–H groups in total. The Morgan fingerprint density at radius 3 is 2.82 bits per heavy atom. The highest BCUT2D eigenvalue weighted by molar-refractivity contribution is 5.18. The lowest BCUT2D eigenvalue weighted by atomic mass is 10.00. The molecule has 0 unspecified atom stereocenters. The van der Waals surface area contributed by atoms with E-state index in [-0.39, 0.29) is 5.82 Å². The molecule has 0 radical (unpaired) electrons. The van der Waals surface area contributed by atoms with E-state index in [1.807, 2.05) is 4.68 Å². The summed E-state index contributed by atoms with van der Waals surface area (Å²) >= 11 is 0. The number of aromatic nitrogens is 3. The van der Waals surface area contributed by atoms with Gasteiger partial charge in [0.2, 0.25) is 0 Å². The zero-order chi connectivity index (χ0) is 15.4. The number of aliphatic hydroxyl groups is 1. The second kappa shape index (κ2) is 6.98. The third-order valence-electron chi connectivity index (χ3n) is 4.28. The molecule has 118 valence electrons. The molecule has 1 aliphatic heterocycles. The average Bonchev–Trinajstić information content (AvgIpc) is 3.03. The van der Waals surface area contributed by atoms with Crippen LogP contribution in [0.2, 0.25) is 0 Å². The van der Waals surface area contributed by atoms with Gasteiger partial charge in [0.15, 0.2) is 0 Å². The topological polar surface area (TPSA) is 54.2 Å². The van der Waals surface area contributed by atoms with Crippen molar-refractivity contribution in [1.29, 1.82) is 0 Å². The molecule has 22 heavy (non-hydrogen) atoms. The highest BCUT2D eigenvalue weighted by atomic mass is 19.1. The summed E-state index contributed by atoms with van der Waals surface area (Å²) in [7, 11) is 0. The molecule has 1 saturated heterocycles. The molecule has 5 nitrogen and oxygen atoms in total. The van der Waals surface area contributed by atoms with Crippen molar-refractivity contribution in [2.45, 2.75) is 38.0 Å². The molecule has 0 aliphatic carbocycles. The van der Waals surface area contributed by atoms with Crippen molar-refractivity contribution in [3.8, 4) is 0 Å². The average molecular weight is 304 g/mol. The summed E-state index contributed by atoms with van der Waals surface area (Å²) in [6.45, 7) is 2.32. The van der Waals surface area contributed by atoms with Crippen LogP contribution >= 0.6 is 0 Å². The van der Waals surface area contributed by atoms with Crippen LogP contribution in [-0.2, 0) is 6.54 Å². The minimum atomic E-state index is -0.600. The van der Waals surface area contributed by atoms with E-state index >= 15 is 0 Å². The van der Waals surface area contributed by atoms with Crippen LogP contribution in [0.15, 0.2) is 36.9 Å². The number of piperidine rings is 1. The first kappa shape index (κ1) is 15.1. The third-order valence-corrected chi connectivity index (χ3v) is 4.28. The van der Waals surface area contributed by atoms with Crippen molar-refractivity contribution in [2.24, 2.45) is 0 Å². The molecular formula is C16H21FN4O. The van der Waals surface area contributed by atoms with E-state index in [2.05, 4.69) is 15.0 Å². The van der Waals surface area contributed by atoms with E-state index in [9.17, 15) is 9.50 Å². The lowest BCUT2D eigenvalue weighted by molar-refractivity contribution is 0.0590. The number of likely N-dealkylation sites (tertiary alicyclic amines) is 1. The zero-order valence-corrected chi connectivity index (χ0v) is 12.5. The molecule has 2 atom stereocenters. The lowest BCUT2D eigenvalue weighted by Gasteiger charge is -2.36. The van der Waals surface area contributed by atoms with Crippen LogP contribution in [0.4, 0.5) is 4.39 Å². The van der Waals surface area contributed by atoms with Gasteiger partial charge in [0.25, 0.3) is 0 Å². The first-order chi connectivity index (χ1) is 10.7. The number of hydrogen-bond donors (Lipinski definition) is 1. The van der Waals surface area contributed by atoms with E-state index in [0.717, 1.165) is 31.5 Å². The van der Waals surface area contributed by atoms with E-state index in [1.165, 1.54) is 18.6 Å². The van der Waals surface area contributed by atoms with Crippen molar-refractivity contribution in [2.75, 3.05) is 13.1 Å². The molecule has 0 saturated carbocycles. The van der Waals surface area contributed by atoms with Crippen molar-refractivity contribution < 1.29 is 9.50 Å². The zero-order valence-electron chi connectivity index (χ0n) is 12.5. The van der Waals surface area contributed by atoms with Gasteiger partial charge in [0.1, 0.15) is 18.5 Å². The Hall–Kier alpha value is -1.79. The maximum Gasteiger partial charge on any atom is 0.137 e. The summed E-state index contributed by atoms with van der Waals surface area (Å²) in [4.78, 5) is 6.28. The molecule has 1 aromatic heterocycles. The van der Waals surface area contributed by atoms with Gasteiger partial charge in [-0.15, -0.1) is 0 Å². The van der Waals surface area contributed by atoms with Crippen LogP contribution in [0.3, 0.4) is 0 Å². The maximum absolute atomic E-state index is 13.0. The van der Waals surface area contributed by atoms with Crippen LogP contribution in [0.25, 0.3) is 0 Å². The second-order valence-corrected chi connectivity index (χ2v) is 5.83. The van der Waals surface area contributed by atoms with Crippen molar-refractivity contribution >= 4 is 0 Å². The largest absolute Gasteiger partial charge is 0.387 e. The van der Waals surface area contributed by atoms with Crippen molar-refractivity contribution in [3.05, 3.63) is 48.3 Å². The Morgan fingerprint density at radius 1 is 1.27 bits per heavy atom. The van der Waals surface area contributed by atoms with Gasteiger partial charge in [0.05, 0.1) is 12.6 Å². The number of halogens is 1. The third kappa shape index (κ3) is 3.69. The van der Waals surface area contributed by atoms with E-state index in [4.69, 9.17) is 0 Å².